The maximum atomic E-state index is 12.8. The van der Waals surface area contributed by atoms with Gasteiger partial charge in [0.2, 0.25) is 11.8 Å². The second-order valence-corrected chi connectivity index (χ2v) is 15.6. The molecule has 0 heterocycles. The van der Waals surface area contributed by atoms with Gasteiger partial charge in [0.15, 0.2) is 6.61 Å². The zero-order valence-electron chi connectivity index (χ0n) is 31.9. The number of hydrogen-bond donors (Lipinski definition) is 4. The SMILES string of the molecule is CC(C)C[C@H](NC(=O)CCCc1ccccc1)C(=O)NCCOCCOCCNC(=O)CO/N=C1\CC[C@H]2[C@@H]3CCc4cc(O)ccc4[C@H]3CC[C@]12C. The van der Waals surface area contributed by atoms with Gasteiger partial charge in [0.05, 0.1) is 32.1 Å². The largest absolute Gasteiger partial charge is 0.508 e. The predicted octanol–water partition coefficient (Wildman–Crippen LogP) is 5.44. The molecule has 11 nitrogen and oxygen atoms in total. The van der Waals surface area contributed by atoms with Crippen molar-refractivity contribution in [1.82, 2.24) is 16.0 Å². The van der Waals surface area contributed by atoms with Gasteiger partial charge in [0, 0.05) is 24.9 Å². The summed E-state index contributed by atoms with van der Waals surface area (Å²) in [4.78, 5) is 43.3. The summed E-state index contributed by atoms with van der Waals surface area (Å²) >= 11 is 0. The second kappa shape index (κ2) is 19.9. The second-order valence-electron chi connectivity index (χ2n) is 15.6. The Morgan fingerprint density at radius 3 is 2.43 bits per heavy atom. The molecular weight excluding hydrogens is 672 g/mol. The number of fused-ring (bicyclic) bond motifs is 5. The van der Waals surface area contributed by atoms with Crippen LogP contribution in [-0.2, 0) is 41.5 Å². The first kappa shape index (κ1) is 40.2. The summed E-state index contributed by atoms with van der Waals surface area (Å²) in [6.45, 7) is 8.32. The van der Waals surface area contributed by atoms with Crippen LogP contribution in [0.4, 0.5) is 0 Å². The molecule has 53 heavy (non-hydrogen) atoms. The Morgan fingerprint density at radius 2 is 1.68 bits per heavy atom. The summed E-state index contributed by atoms with van der Waals surface area (Å²) < 4.78 is 11.2. The van der Waals surface area contributed by atoms with Crippen LogP contribution in [0.15, 0.2) is 53.7 Å². The maximum Gasteiger partial charge on any atom is 0.260 e. The Kier molecular flexibility index (Phi) is 15.1. The van der Waals surface area contributed by atoms with Crippen molar-refractivity contribution in [3.05, 3.63) is 65.2 Å². The minimum Gasteiger partial charge on any atom is -0.508 e. The summed E-state index contributed by atoms with van der Waals surface area (Å²) in [6, 6.07) is 15.4. The van der Waals surface area contributed by atoms with Gasteiger partial charge in [-0.05, 0) is 110 Å². The maximum absolute atomic E-state index is 12.8. The molecule has 0 unspecified atom stereocenters. The predicted molar refractivity (Wildman–Crippen MR) is 205 cm³/mol. The molecule has 5 atom stereocenters. The summed E-state index contributed by atoms with van der Waals surface area (Å²) in [5.74, 6) is 1.77. The first-order chi connectivity index (χ1) is 25.6. The van der Waals surface area contributed by atoms with Crippen molar-refractivity contribution in [1.29, 1.82) is 0 Å². The van der Waals surface area contributed by atoms with Gasteiger partial charge in [0.25, 0.3) is 5.91 Å². The van der Waals surface area contributed by atoms with E-state index < -0.39 is 6.04 Å². The third kappa shape index (κ3) is 11.5. The summed E-state index contributed by atoms with van der Waals surface area (Å²) in [7, 11) is 0. The lowest BCUT2D eigenvalue weighted by Gasteiger charge is -2.49. The molecule has 0 spiro atoms. The first-order valence-corrected chi connectivity index (χ1v) is 19.7. The lowest BCUT2D eigenvalue weighted by atomic mass is 9.55. The van der Waals surface area contributed by atoms with Crippen molar-refractivity contribution in [2.75, 3.05) is 46.1 Å². The van der Waals surface area contributed by atoms with E-state index in [1.165, 1.54) is 16.7 Å². The summed E-state index contributed by atoms with van der Waals surface area (Å²) in [6.07, 6.45) is 8.80. The lowest BCUT2D eigenvalue weighted by Crippen LogP contribution is -2.48. The lowest BCUT2D eigenvalue weighted by molar-refractivity contribution is -0.129. The van der Waals surface area contributed by atoms with E-state index in [0.29, 0.717) is 75.9 Å². The van der Waals surface area contributed by atoms with Crippen LogP contribution in [0.5, 0.6) is 5.75 Å². The van der Waals surface area contributed by atoms with E-state index >= 15 is 0 Å². The number of nitrogens with one attached hydrogen (secondary N) is 3. The molecule has 2 fully saturated rings. The van der Waals surface area contributed by atoms with E-state index in [-0.39, 0.29) is 35.7 Å². The molecule has 0 radical (unpaired) electrons. The third-order valence-electron chi connectivity index (χ3n) is 11.4. The quantitative estimate of drug-likeness (QED) is 0.105. The Bertz CT molecular complexity index is 1530. The smallest absolute Gasteiger partial charge is 0.260 e. The molecule has 290 valence electrons. The number of ether oxygens (including phenoxy) is 2. The number of nitrogens with zero attached hydrogens (tertiary/aromatic N) is 1. The number of phenolic OH excluding ortho intramolecular Hbond substituents is 1. The van der Waals surface area contributed by atoms with E-state index in [1.807, 2.05) is 44.2 Å². The molecule has 2 saturated carbocycles. The minimum atomic E-state index is -0.576. The molecule has 3 aliphatic rings. The highest BCUT2D eigenvalue weighted by atomic mass is 16.6. The van der Waals surface area contributed by atoms with Crippen molar-refractivity contribution in [3.63, 3.8) is 0 Å². The molecule has 5 rings (SSSR count). The topological polar surface area (TPSA) is 148 Å². The molecule has 3 aliphatic carbocycles. The fraction of sp³-hybridized carbons (Fsp3) is 0.619. The van der Waals surface area contributed by atoms with Crippen LogP contribution in [0.2, 0.25) is 0 Å². The first-order valence-electron chi connectivity index (χ1n) is 19.7. The number of aryl methyl sites for hydroxylation is 2. The van der Waals surface area contributed by atoms with Gasteiger partial charge in [-0.15, -0.1) is 0 Å². The van der Waals surface area contributed by atoms with Gasteiger partial charge >= 0.3 is 0 Å². The summed E-state index contributed by atoms with van der Waals surface area (Å²) in [5, 5.41) is 23.0. The number of carbonyl (C=O) groups is 3. The number of benzene rings is 2. The standard InChI is InChI=1S/C42H60N4O7/c1-29(2)26-37(45-39(48)11-7-10-30-8-5-4-6-9-30)41(50)44-21-23-52-25-24-51-22-20-43-40(49)28-53-46-38-17-16-36-35-14-12-31-27-32(47)13-15-33(31)34(35)18-19-42(36,38)3/h4-6,8-9,13,15,27,29,34-37,47H,7,10-12,14,16-26,28H2,1-3H3,(H,43,49)(H,44,50)(H,45,48)/b46-38+/t34-,35-,36+,37+,42+/m1/s1. The zero-order chi connectivity index (χ0) is 37.6. The van der Waals surface area contributed by atoms with Crippen LogP contribution < -0.4 is 16.0 Å². The highest BCUT2D eigenvalue weighted by Crippen LogP contribution is 2.60. The van der Waals surface area contributed by atoms with Crippen molar-refractivity contribution in [3.8, 4) is 5.75 Å². The number of amides is 3. The molecule has 0 bridgehead atoms. The monoisotopic (exact) mass is 732 g/mol. The number of aromatic hydroxyl groups is 1. The number of hydrogen-bond acceptors (Lipinski definition) is 8. The fourth-order valence-corrected chi connectivity index (χ4v) is 8.75. The zero-order valence-corrected chi connectivity index (χ0v) is 31.9. The van der Waals surface area contributed by atoms with Crippen molar-refractivity contribution in [2.45, 2.75) is 96.9 Å². The van der Waals surface area contributed by atoms with E-state index in [2.05, 4.69) is 46.2 Å². The molecule has 4 N–H and O–H groups in total. The summed E-state index contributed by atoms with van der Waals surface area (Å²) in [5.41, 5.74) is 5.00. The molecule has 2 aromatic rings. The Morgan fingerprint density at radius 1 is 0.925 bits per heavy atom. The Hall–Kier alpha value is -3.96. The molecule has 2 aromatic carbocycles. The molecule has 11 heteroatoms. The van der Waals surface area contributed by atoms with Crippen molar-refractivity contribution >= 4 is 23.4 Å². The van der Waals surface area contributed by atoms with Crippen molar-refractivity contribution < 1.29 is 33.8 Å². The van der Waals surface area contributed by atoms with Crippen LogP contribution in [0.3, 0.4) is 0 Å². The molecule has 3 amide bonds. The number of phenols is 1. The average molecular weight is 733 g/mol. The van der Waals surface area contributed by atoms with Crippen molar-refractivity contribution in [2.24, 2.45) is 28.3 Å². The van der Waals surface area contributed by atoms with Gasteiger partial charge in [-0.2, -0.15) is 0 Å². The molecule has 0 saturated heterocycles. The van der Waals surface area contributed by atoms with E-state index in [1.54, 1.807) is 0 Å². The van der Waals surface area contributed by atoms with Gasteiger partial charge in [-0.1, -0.05) is 62.3 Å². The van der Waals surface area contributed by atoms with Gasteiger partial charge in [-0.25, -0.2) is 0 Å². The van der Waals surface area contributed by atoms with E-state index in [4.69, 9.17) is 14.3 Å². The van der Waals surface area contributed by atoms with Crippen LogP contribution in [-0.4, -0.2) is 80.7 Å². The van der Waals surface area contributed by atoms with Crippen LogP contribution in [0.25, 0.3) is 0 Å². The Labute approximate surface area is 315 Å². The van der Waals surface area contributed by atoms with Crippen LogP contribution >= 0.6 is 0 Å². The van der Waals surface area contributed by atoms with Gasteiger partial charge < -0.3 is 35.4 Å². The number of oxime groups is 1. The average Bonchev–Trinajstić information content (AvgIpc) is 3.48. The highest BCUT2D eigenvalue weighted by molar-refractivity contribution is 5.92. The van der Waals surface area contributed by atoms with Gasteiger partial charge in [-0.3, -0.25) is 14.4 Å². The Balaban J connectivity index is 0.888. The third-order valence-corrected chi connectivity index (χ3v) is 11.4. The number of carbonyl (C=O) groups excluding carboxylic acids is 3. The minimum absolute atomic E-state index is 0.00414. The van der Waals surface area contributed by atoms with E-state index in [9.17, 15) is 19.5 Å². The van der Waals surface area contributed by atoms with Crippen LogP contribution in [0, 0.1) is 23.2 Å². The highest BCUT2D eigenvalue weighted by Gasteiger charge is 2.53. The fourth-order valence-electron chi connectivity index (χ4n) is 8.75. The van der Waals surface area contributed by atoms with E-state index in [0.717, 1.165) is 57.1 Å². The molecular formula is C42H60N4O7. The van der Waals surface area contributed by atoms with Gasteiger partial charge in [0.1, 0.15) is 11.8 Å². The number of rotatable bonds is 20. The molecule has 0 aromatic heterocycles. The van der Waals surface area contributed by atoms with Crippen LogP contribution in [0.1, 0.15) is 94.7 Å². The molecule has 0 aliphatic heterocycles. The normalized spacial score (nSPS) is 23.1.